The third-order valence-corrected chi connectivity index (χ3v) is 5.28. The van der Waals surface area contributed by atoms with Gasteiger partial charge in [-0.25, -0.2) is 0 Å². The van der Waals surface area contributed by atoms with Crippen LogP contribution in [0.2, 0.25) is 0 Å². The maximum absolute atomic E-state index is 5.95. The molecule has 0 spiro atoms. The fraction of sp³-hybridized carbons (Fsp3) is 0.600. The molecular formula is C15H19BrN2O2. The fourth-order valence-corrected chi connectivity index (χ4v) is 4.14. The number of nitrogens with one attached hydrogen (secondary N) is 1. The Hall–Kier alpha value is -0.780. The van der Waals surface area contributed by atoms with E-state index in [-0.39, 0.29) is 0 Å². The molecule has 4 rings (SSSR count). The van der Waals surface area contributed by atoms with Gasteiger partial charge in [0.2, 0.25) is 0 Å². The van der Waals surface area contributed by atoms with E-state index in [4.69, 9.17) is 9.47 Å². The second kappa shape index (κ2) is 5.20. The van der Waals surface area contributed by atoms with Crippen LogP contribution in [0.25, 0.3) is 0 Å². The van der Waals surface area contributed by atoms with Gasteiger partial charge in [-0.2, -0.15) is 0 Å². The second-order valence-corrected chi connectivity index (χ2v) is 6.42. The van der Waals surface area contributed by atoms with Gasteiger partial charge in [-0.15, -0.1) is 0 Å². The zero-order chi connectivity index (χ0) is 13.5. The van der Waals surface area contributed by atoms with Crippen molar-refractivity contribution >= 4 is 15.9 Å². The molecule has 5 heteroatoms. The largest absolute Gasteiger partial charge is 0.493 e. The Kier molecular flexibility index (Phi) is 3.36. The van der Waals surface area contributed by atoms with E-state index < -0.39 is 0 Å². The molecule has 1 fully saturated rings. The summed E-state index contributed by atoms with van der Waals surface area (Å²) in [6.45, 7) is 6.97. The van der Waals surface area contributed by atoms with Crippen LogP contribution in [0.5, 0.6) is 11.5 Å². The van der Waals surface area contributed by atoms with Crippen LogP contribution in [0.1, 0.15) is 16.7 Å². The first-order chi connectivity index (χ1) is 9.84. The molecule has 1 N–H and O–H groups in total. The Morgan fingerprint density at radius 2 is 1.70 bits per heavy atom. The second-order valence-electron chi connectivity index (χ2n) is 5.63. The van der Waals surface area contributed by atoms with E-state index in [1.165, 1.54) is 16.7 Å². The van der Waals surface area contributed by atoms with Crippen LogP contribution in [0.4, 0.5) is 0 Å². The average Bonchev–Trinajstić information content (AvgIpc) is 3.14. The highest BCUT2D eigenvalue weighted by Crippen LogP contribution is 2.47. The van der Waals surface area contributed by atoms with Crippen LogP contribution in [0.15, 0.2) is 4.47 Å². The van der Waals surface area contributed by atoms with Crippen molar-refractivity contribution in [1.29, 1.82) is 0 Å². The summed E-state index contributed by atoms with van der Waals surface area (Å²) in [6, 6.07) is 0. The SMILES string of the molecule is Brc1c2c(c(CN3CCNCC3)c3c1OCC3)OCC2. The summed E-state index contributed by atoms with van der Waals surface area (Å²) in [5.41, 5.74) is 4.03. The average molecular weight is 339 g/mol. The number of hydrogen-bond donors (Lipinski definition) is 1. The molecule has 3 aliphatic heterocycles. The van der Waals surface area contributed by atoms with E-state index in [9.17, 15) is 0 Å². The van der Waals surface area contributed by atoms with Gasteiger partial charge in [0.25, 0.3) is 0 Å². The van der Waals surface area contributed by atoms with E-state index in [0.717, 1.165) is 74.8 Å². The Balaban J connectivity index is 1.74. The Labute approximate surface area is 127 Å². The summed E-state index contributed by atoms with van der Waals surface area (Å²) in [5, 5.41) is 3.41. The van der Waals surface area contributed by atoms with Gasteiger partial charge in [0, 0.05) is 62.3 Å². The lowest BCUT2D eigenvalue weighted by Gasteiger charge is -2.28. The van der Waals surface area contributed by atoms with Crippen molar-refractivity contribution in [1.82, 2.24) is 10.2 Å². The summed E-state index contributed by atoms with van der Waals surface area (Å²) in [4.78, 5) is 2.51. The Morgan fingerprint density at radius 1 is 1.00 bits per heavy atom. The molecule has 0 saturated carbocycles. The minimum Gasteiger partial charge on any atom is -0.493 e. The number of piperazine rings is 1. The molecule has 20 heavy (non-hydrogen) atoms. The first kappa shape index (κ1) is 12.9. The molecule has 0 unspecified atom stereocenters. The number of ether oxygens (including phenoxy) is 2. The number of halogens is 1. The molecule has 1 aromatic rings. The first-order valence-corrected chi connectivity index (χ1v) is 8.18. The molecule has 4 nitrogen and oxygen atoms in total. The van der Waals surface area contributed by atoms with Crippen LogP contribution < -0.4 is 14.8 Å². The van der Waals surface area contributed by atoms with Crippen molar-refractivity contribution < 1.29 is 9.47 Å². The van der Waals surface area contributed by atoms with E-state index in [1.54, 1.807) is 0 Å². The molecule has 1 aromatic carbocycles. The minimum atomic E-state index is 0.797. The molecule has 0 aliphatic carbocycles. The Bertz CT molecular complexity index is 506. The summed E-state index contributed by atoms with van der Waals surface area (Å²) >= 11 is 3.71. The molecule has 3 heterocycles. The smallest absolute Gasteiger partial charge is 0.137 e. The van der Waals surface area contributed by atoms with Crippen molar-refractivity contribution in [2.75, 3.05) is 39.4 Å². The monoisotopic (exact) mass is 338 g/mol. The first-order valence-electron chi connectivity index (χ1n) is 7.39. The van der Waals surface area contributed by atoms with Gasteiger partial charge in [0.05, 0.1) is 17.7 Å². The van der Waals surface area contributed by atoms with Crippen molar-refractivity contribution in [2.24, 2.45) is 0 Å². The number of benzene rings is 1. The van der Waals surface area contributed by atoms with Gasteiger partial charge in [0.15, 0.2) is 0 Å². The van der Waals surface area contributed by atoms with Gasteiger partial charge < -0.3 is 14.8 Å². The maximum atomic E-state index is 5.95. The lowest BCUT2D eigenvalue weighted by Crippen LogP contribution is -2.43. The molecule has 0 radical (unpaired) electrons. The van der Waals surface area contributed by atoms with Gasteiger partial charge in [-0.3, -0.25) is 4.90 Å². The predicted octanol–water partition coefficient (Wildman–Crippen LogP) is 1.72. The Morgan fingerprint density at radius 3 is 2.50 bits per heavy atom. The lowest BCUT2D eigenvalue weighted by molar-refractivity contribution is 0.229. The summed E-state index contributed by atoms with van der Waals surface area (Å²) < 4.78 is 12.9. The molecular weight excluding hydrogens is 320 g/mol. The van der Waals surface area contributed by atoms with Gasteiger partial charge in [-0.1, -0.05) is 0 Å². The molecule has 3 aliphatic rings. The van der Waals surface area contributed by atoms with Crippen LogP contribution in [-0.2, 0) is 19.4 Å². The van der Waals surface area contributed by atoms with Crippen molar-refractivity contribution in [3.8, 4) is 11.5 Å². The molecule has 0 bridgehead atoms. The van der Waals surface area contributed by atoms with E-state index in [0.29, 0.717) is 0 Å². The number of fused-ring (bicyclic) bond motifs is 2. The molecule has 0 aromatic heterocycles. The highest BCUT2D eigenvalue weighted by atomic mass is 79.9. The summed E-state index contributed by atoms with van der Waals surface area (Å²) in [7, 11) is 0. The predicted molar refractivity (Wildman–Crippen MR) is 80.7 cm³/mol. The zero-order valence-corrected chi connectivity index (χ0v) is 13.1. The van der Waals surface area contributed by atoms with Gasteiger partial charge >= 0.3 is 0 Å². The highest BCUT2D eigenvalue weighted by Gasteiger charge is 2.31. The summed E-state index contributed by atoms with van der Waals surface area (Å²) in [6.07, 6.45) is 1.99. The third-order valence-electron chi connectivity index (χ3n) is 4.44. The van der Waals surface area contributed by atoms with E-state index in [1.807, 2.05) is 0 Å². The molecule has 0 amide bonds. The fourth-order valence-electron chi connectivity index (χ4n) is 3.41. The van der Waals surface area contributed by atoms with E-state index >= 15 is 0 Å². The zero-order valence-electron chi connectivity index (χ0n) is 11.5. The minimum absolute atomic E-state index is 0.797. The van der Waals surface area contributed by atoms with Gasteiger partial charge in [-0.05, 0) is 15.9 Å². The number of hydrogen-bond acceptors (Lipinski definition) is 4. The normalized spacial score (nSPS) is 21.2. The standard InChI is InChI=1S/C15H19BrN2O2/c16-13-11-2-8-19-14(11)12(10-1-7-20-15(10)13)9-18-5-3-17-4-6-18/h17H,1-9H2. The lowest BCUT2D eigenvalue weighted by atomic mass is 9.99. The number of rotatable bonds is 2. The highest BCUT2D eigenvalue weighted by molar-refractivity contribution is 9.10. The van der Waals surface area contributed by atoms with Crippen LogP contribution in [-0.4, -0.2) is 44.3 Å². The van der Waals surface area contributed by atoms with Crippen molar-refractivity contribution in [3.05, 3.63) is 21.2 Å². The third kappa shape index (κ3) is 2.03. The summed E-state index contributed by atoms with van der Waals surface area (Å²) in [5.74, 6) is 2.19. The van der Waals surface area contributed by atoms with E-state index in [2.05, 4.69) is 26.1 Å². The van der Waals surface area contributed by atoms with Crippen LogP contribution in [0, 0.1) is 0 Å². The van der Waals surface area contributed by atoms with Gasteiger partial charge in [0.1, 0.15) is 11.5 Å². The quantitative estimate of drug-likeness (QED) is 0.890. The topological polar surface area (TPSA) is 33.7 Å². The van der Waals surface area contributed by atoms with Crippen molar-refractivity contribution in [3.63, 3.8) is 0 Å². The van der Waals surface area contributed by atoms with Crippen LogP contribution >= 0.6 is 15.9 Å². The number of nitrogens with zero attached hydrogens (tertiary/aromatic N) is 1. The molecule has 0 atom stereocenters. The molecule has 108 valence electrons. The molecule has 1 saturated heterocycles. The van der Waals surface area contributed by atoms with Crippen LogP contribution in [0.3, 0.4) is 0 Å². The van der Waals surface area contributed by atoms with Crippen molar-refractivity contribution in [2.45, 2.75) is 19.4 Å². The maximum Gasteiger partial charge on any atom is 0.137 e.